The fourth-order valence-corrected chi connectivity index (χ4v) is 2.86. The number of hydrogen-bond acceptors (Lipinski definition) is 6. The van der Waals surface area contributed by atoms with Crippen LogP contribution in [0.15, 0.2) is 9.41 Å². The smallest absolute Gasteiger partial charge is 0.204 e. The number of nitrogens with two attached hydrogens (primary N) is 2. The highest BCUT2D eigenvalue weighted by molar-refractivity contribution is 5.40. The molecule has 116 valence electrons. The lowest BCUT2D eigenvalue weighted by Crippen LogP contribution is -2.50. The van der Waals surface area contributed by atoms with E-state index in [1.807, 2.05) is 0 Å². The summed E-state index contributed by atoms with van der Waals surface area (Å²) in [4.78, 5) is 5.75. The number of likely N-dealkylation sites (N-methyl/N-ethyl adjacent to an activating group) is 1. The summed E-state index contributed by atoms with van der Waals surface area (Å²) < 4.78 is 33.7. The van der Waals surface area contributed by atoms with Crippen LogP contribution < -0.4 is 22.2 Å². The molecule has 2 aliphatic rings. The van der Waals surface area contributed by atoms with Crippen molar-refractivity contribution >= 4 is 5.82 Å². The number of furan rings is 1. The quantitative estimate of drug-likeness (QED) is 0.709. The van der Waals surface area contributed by atoms with Gasteiger partial charge in [-0.2, -0.15) is 5.12 Å². The first-order valence-corrected chi connectivity index (χ1v) is 7.01. The van der Waals surface area contributed by atoms with Gasteiger partial charge in [0.05, 0.1) is 0 Å². The summed E-state index contributed by atoms with van der Waals surface area (Å²) in [6.07, 6.45) is -0.925. The van der Waals surface area contributed by atoms with Crippen molar-refractivity contribution in [3.63, 3.8) is 0 Å². The minimum absolute atomic E-state index is 0.197. The molecule has 0 aromatic carbocycles. The van der Waals surface area contributed by atoms with Gasteiger partial charge >= 0.3 is 0 Å². The maximum atomic E-state index is 14.3. The van der Waals surface area contributed by atoms with Gasteiger partial charge in [0, 0.05) is 38.5 Å². The van der Waals surface area contributed by atoms with E-state index in [4.69, 9.17) is 15.9 Å². The molecule has 3 rings (SSSR count). The van der Waals surface area contributed by atoms with E-state index in [-0.39, 0.29) is 12.2 Å². The molecule has 0 saturated heterocycles. The average molecular weight is 299 g/mol. The van der Waals surface area contributed by atoms with Gasteiger partial charge in [0.2, 0.25) is 6.29 Å². The predicted octanol–water partition coefficient (Wildman–Crippen LogP) is -0.875. The summed E-state index contributed by atoms with van der Waals surface area (Å²) in [6.45, 7) is 0.807. The number of nitrogens with zero attached hydrogens (tertiary/aromatic N) is 3. The van der Waals surface area contributed by atoms with Gasteiger partial charge in [-0.15, -0.1) is 0 Å². The summed E-state index contributed by atoms with van der Waals surface area (Å²) in [5, 5.41) is 0.840. The topological polar surface area (TPSA) is 84.0 Å². The molecular weight excluding hydrogens is 280 g/mol. The molecule has 8 heteroatoms. The van der Waals surface area contributed by atoms with Gasteiger partial charge in [0.1, 0.15) is 17.3 Å². The Hall–Kier alpha value is -1.67. The first-order chi connectivity index (χ1) is 10.0. The SMILES string of the molecule is CN(CCN)C1=c2oc3c(c2=NC(N)N1F)CC(F)CC3. The van der Waals surface area contributed by atoms with Crippen molar-refractivity contribution in [3.8, 4) is 0 Å². The number of halogens is 2. The first kappa shape index (κ1) is 14.3. The standard InChI is InChI=1S/C13H19F2N5O/c1-19(5-4-16)12-11-10(18-13(17)20(12)15)8-6-7(14)2-3-9(8)21-11/h7,13H,2-6,16-17H2,1H3. The van der Waals surface area contributed by atoms with Crippen LogP contribution in [0.25, 0.3) is 5.82 Å². The van der Waals surface area contributed by atoms with Crippen LogP contribution in [0.2, 0.25) is 0 Å². The molecule has 4 N–H and O–H groups in total. The third-order valence-electron chi connectivity index (χ3n) is 3.90. The molecule has 0 radical (unpaired) electrons. The van der Waals surface area contributed by atoms with Crippen LogP contribution in [0, 0.1) is 0 Å². The lowest BCUT2D eigenvalue weighted by molar-refractivity contribution is 0.0255. The van der Waals surface area contributed by atoms with E-state index in [2.05, 4.69) is 4.99 Å². The first-order valence-electron chi connectivity index (χ1n) is 7.01. The van der Waals surface area contributed by atoms with Crippen molar-refractivity contribution in [2.75, 3.05) is 20.1 Å². The van der Waals surface area contributed by atoms with Gasteiger partial charge in [-0.25, -0.2) is 9.38 Å². The van der Waals surface area contributed by atoms with Gasteiger partial charge in [0.15, 0.2) is 11.2 Å². The maximum Gasteiger partial charge on any atom is 0.204 e. The Morgan fingerprint density at radius 2 is 2.29 bits per heavy atom. The lowest BCUT2D eigenvalue weighted by Gasteiger charge is -2.29. The third-order valence-corrected chi connectivity index (χ3v) is 3.90. The van der Waals surface area contributed by atoms with Crippen LogP contribution in [-0.4, -0.2) is 42.6 Å². The number of aryl methyl sites for hydroxylation is 1. The van der Waals surface area contributed by atoms with Crippen LogP contribution in [-0.2, 0) is 12.8 Å². The summed E-state index contributed by atoms with van der Waals surface area (Å²) in [6, 6.07) is 0. The molecule has 0 amide bonds. The molecular formula is C13H19F2N5O. The molecule has 6 nitrogen and oxygen atoms in total. The highest BCUT2D eigenvalue weighted by Gasteiger charge is 2.31. The van der Waals surface area contributed by atoms with Gasteiger partial charge in [-0.1, -0.05) is 4.48 Å². The fourth-order valence-electron chi connectivity index (χ4n) is 2.86. The second-order valence-corrected chi connectivity index (χ2v) is 5.41. The van der Waals surface area contributed by atoms with Crippen LogP contribution in [0.3, 0.4) is 0 Å². The van der Waals surface area contributed by atoms with Crippen molar-refractivity contribution in [1.82, 2.24) is 10.0 Å². The summed E-state index contributed by atoms with van der Waals surface area (Å²) in [5.74, 6) is 0.876. The second kappa shape index (κ2) is 5.27. The molecule has 1 aromatic heterocycles. The molecule has 0 bridgehead atoms. The molecule has 1 aliphatic carbocycles. The third kappa shape index (κ3) is 2.28. The highest BCUT2D eigenvalue weighted by Crippen LogP contribution is 2.22. The number of fused-ring (bicyclic) bond motifs is 3. The van der Waals surface area contributed by atoms with Crippen LogP contribution in [0.5, 0.6) is 0 Å². The Morgan fingerprint density at radius 1 is 1.52 bits per heavy atom. The Labute approximate surface area is 120 Å². The van der Waals surface area contributed by atoms with Gasteiger partial charge in [0.25, 0.3) is 0 Å². The normalized spacial score (nSPS) is 24.4. The Morgan fingerprint density at radius 3 is 3.00 bits per heavy atom. The minimum atomic E-state index is -1.16. The zero-order valence-corrected chi connectivity index (χ0v) is 11.9. The second-order valence-electron chi connectivity index (χ2n) is 5.41. The highest BCUT2D eigenvalue weighted by atomic mass is 19.2. The Kier molecular flexibility index (Phi) is 3.58. The van der Waals surface area contributed by atoms with Crippen LogP contribution >= 0.6 is 0 Å². The van der Waals surface area contributed by atoms with E-state index in [1.165, 1.54) is 0 Å². The number of rotatable bonds is 3. The predicted molar refractivity (Wildman–Crippen MR) is 72.4 cm³/mol. The number of hydrogen-bond donors (Lipinski definition) is 2. The molecule has 21 heavy (non-hydrogen) atoms. The van der Waals surface area contributed by atoms with E-state index in [0.29, 0.717) is 53.1 Å². The van der Waals surface area contributed by atoms with Gasteiger partial charge in [-0.05, 0) is 6.42 Å². The zero-order valence-electron chi connectivity index (χ0n) is 11.9. The molecule has 0 spiro atoms. The molecule has 2 atom stereocenters. The molecule has 0 saturated carbocycles. The van der Waals surface area contributed by atoms with E-state index in [0.717, 1.165) is 0 Å². The van der Waals surface area contributed by atoms with Crippen molar-refractivity contribution in [1.29, 1.82) is 0 Å². The minimum Gasteiger partial charge on any atom is -0.455 e. The van der Waals surface area contributed by atoms with Crippen molar-refractivity contribution in [2.45, 2.75) is 31.7 Å². The van der Waals surface area contributed by atoms with Gasteiger partial charge < -0.3 is 15.1 Å². The summed E-state index contributed by atoms with van der Waals surface area (Å²) >= 11 is 0. The molecule has 2 unspecified atom stereocenters. The van der Waals surface area contributed by atoms with E-state index < -0.39 is 12.5 Å². The fraction of sp³-hybridized carbons (Fsp3) is 0.615. The van der Waals surface area contributed by atoms with Crippen molar-refractivity contribution < 1.29 is 13.3 Å². The maximum absolute atomic E-state index is 14.3. The lowest BCUT2D eigenvalue weighted by atomic mass is 9.96. The Bertz CT molecular complexity index is 658. The summed E-state index contributed by atoms with van der Waals surface area (Å²) in [5.41, 5.74) is 12.3. The van der Waals surface area contributed by atoms with Crippen molar-refractivity contribution in [3.05, 3.63) is 22.1 Å². The van der Waals surface area contributed by atoms with E-state index in [9.17, 15) is 8.87 Å². The van der Waals surface area contributed by atoms with Crippen molar-refractivity contribution in [2.24, 2.45) is 16.5 Å². The summed E-state index contributed by atoms with van der Waals surface area (Å²) in [7, 11) is 1.70. The van der Waals surface area contributed by atoms with Crippen LogP contribution in [0.1, 0.15) is 17.7 Å². The largest absolute Gasteiger partial charge is 0.455 e. The monoisotopic (exact) mass is 299 g/mol. The molecule has 0 fully saturated rings. The number of alkyl halides is 1. The van der Waals surface area contributed by atoms with Gasteiger partial charge in [-0.3, -0.25) is 5.73 Å². The molecule has 1 aliphatic heterocycles. The van der Waals surface area contributed by atoms with Crippen LogP contribution in [0.4, 0.5) is 8.87 Å². The molecule has 1 aromatic rings. The Balaban J connectivity index is 2.22. The molecule has 2 heterocycles. The zero-order chi connectivity index (χ0) is 15.1. The average Bonchev–Trinajstić information content (AvgIpc) is 2.78. The van der Waals surface area contributed by atoms with E-state index in [1.54, 1.807) is 11.9 Å². The van der Waals surface area contributed by atoms with E-state index >= 15 is 0 Å².